The van der Waals surface area contributed by atoms with Crippen LogP contribution >= 0.6 is 11.6 Å². The van der Waals surface area contributed by atoms with Gasteiger partial charge in [0.1, 0.15) is 0 Å². The van der Waals surface area contributed by atoms with Gasteiger partial charge in [-0.05, 0) is 36.8 Å². The number of pyridine rings is 1. The van der Waals surface area contributed by atoms with E-state index in [4.69, 9.17) is 11.6 Å². The highest BCUT2D eigenvalue weighted by Crippen LogP contribution is 2.11. The van der Waals surface area contributed by atoms with Gasteiger partial charge in [0.2, 0.25) is 0 Å². The van der Waals surface area contributed by atoms with Gasteiger partial charge < -0.3 is 4.90 Å². The van der Waals surface area contributed by atoms with Gasteiger partial charge in [-0.1, -0.05) is 18.2 Å². The molecular weight excluding hydrogens is 272 g/mol. The Morgan fingerprint density at radius 2 is 1.95 bits per heavy atom. The van der Waals surface area contributed by atoms with Crippen molar-refractivity contribution in [3.05, 3.63) is 65.5 Å². The summed E-state index contributed by atoms with van der Waals surface area (Å²) >= 11 is 5.75. The summed E-state index contributed by atoms with van der Waals surface area (Å²) in [5.74, 6) is 0.471. The van der Waals surface area contributed by atoms with E-state index in [1.165, 1.54) is 0 Å². The van der Waals surface area contributed by atoms with Crippen molar-refractivity contribution < 1.29 is 4.79 Å². The van der Waals surface area contributed by atoms with Crippen LogP contribution in [0.4, 0.5) is 0 Å². The van der Waals surface area contributed by atoms with Crippen LogP contribution in [-0.2, 0) is 12.4 Å². The zero-order valence-electron chi connectivity index (χ0n) is 11.4. The first-order chi connectivity index (χ1) is 9.74. The van der Waals surface area contributed by atoms with E-state index < -0.39 is 0 Å². The Hall–Kier alpha value is -1.87. The van der Waals surface area contributed by atoms with Crippen LogP contribution in [0.1, 0.15) is 28.5 Å². The number of hydrogen-bond acceptors (Lipinski definition) is 2. The normalized spacial score (nSPS) is 10.3. The van der Waals surface area contributed by atoms with Crippen LogP contribution in [0.5, 0.6) is 0 Å². The Bertz CT molecular complexity index is 554. The van der Waals surface area contributed by atoms with Crippen molar-refractivity contribution in [1.29, 1.82) is 0 Å². The van der Waals surface area contributed by atoms with Crippen molar-refractivity contribution in [2.45, 2.75) is 19.3 Å². The third-order valence-corrected chi connectivity index (χ3v) is 3.41. The molecule has 0 saturated heterocycles. The topological polar surface area (TPSA) is 33.2 Å². The minimum Gasteiger partial charge on any atom is -0.333 e. The van der Waals surface area contributed by atoms with Crippen LogP contribution in [0, 0.1) is 0 Å². The zero-order chi connectivity index (χ0) is 14.4. The molecule has 1 aromatic carbocycles. The number of carbonyl (C=O) groups excluding carboxylic acids is 1. The molecule has 2 aromatic rings. The van der Waals surface area contributed by atoms with E-state index in [9.17, 15) is 4.79 Å². The highest BCUT2D eigenvalue weighted by Gasteiger charge is 2.14. The molecule has 0 aliphatic rings. The highest BCUT2D eigenvalue weighted by molar-refractivity contribution is 6.17. The summed E-state index contributed by atoms with van der Waals surface area (Å²) in [6.07, 6.45) is 1.74. The summed E-state index contributed by atoms with van der Waals surface area (Å²) in [6, 6.07) is 13.1. The molecule has 0 bridgehead atoms. The van der Waals surface area contributed by atoms with E-state index in [1.807, 2.05) is 49.4 Å². The molecule has 20 heavy (non-hydrogen) atoms. The SMILES string of the molecule is CCN(Cc1ccccn1)C(=O)c1ccc(CCl)cc1. The van der Waals surface area contributed by atoms with E-state index in [1.54, 1.807) is 11.1 Å². The second-order valence-electron chi connectivity index (χ2n) is 4.47. The Labute approximate surface area is 124 Å². The fraction of sp³-hybridized carbons (Fsp3) is 0.250. The van der Waals surface area contributed by atoms with Gasteiger partial charge in [-0.3, -0.25) is 9.78 Å². The summed E-state index contributed by atoms with van der Waals surface area (Å²) < 4.78 is 0. The zero-order valence-corrected chi connectivity index (χ0v) is 12.2. The fourth-order valence-electron chi connectivity index (χ4n) is 1.93. The Morgan fingerprint density at radius 1 is 1.20 bits per heavy atom. The lowest BCUT2D eigenvalue weighted by Crippen LogP contribution is -2.30. The van der Waals surface area contributed by atoms with Gasteiger partial charge in [0.15, 0.2) is 0 Å². The number of rotatable bonds is 5. The molecule has 1 heterocycles. The molecule has 0 atom stereocenters. The Kier molecular flexibility index (Phi) is 5.13. The van der Waals surface area contributed by atoms with Crippen molar-refractivity contribution in [1.82, 2.24) is 9.88 Å². The number of aromatic nitrogens is 1. The van der Waals surface area contributed by atoms with Gasteiger partial charge in [-0.25, -0.2) is 0 Å². The molecule has 0 fully saturated rings. The van der Waals surface area contributed by atoms with Crippen LogP contribution in [0.15, 0.2) is 48.7 Å². The molecule has 0 aliphatic carbocycles. The number of halogens is 1. The Morgan fingerprint density at radius 3 is 2.50 bits per heavy atom. The average Bonchev–Trinajstić information content (AvgIpc) is 2.53. The van der Waals surface area contributed by atoms with Crippen molar-refractivity contribution in [3.63, 3.8) is 0 Å². The van der Waals surface area contributed by atoms with Crippen LogP contribution in [0.25, 0.3) is 0 Å². The van der Waals surface area contributed by atoms with Crippen LogP contribution in [-0.4, -0.2) is 22.3 Å². The molecule has 2 rings (SSSR count). The Balaban J connectivity index is 2.12. The number of nitrogens with zero attached hydrogens (tertiary/aromatic N) is 2. The first-order valence-electron chi connectivity index (χ1n) is 6.58. The molecule has 1 amide bonds. The summed E-state index contributed by atoms with van der Waals surface area (Å²) in [7, 11) is 0. The lowest BCUT2D eigenvalue weighted by molar-refractivity contribution is 0.0750. The minimum absolute atomic E-state index is 0.0132. The predicted molar refractivity (Wildman–Crippen MR) is 80.7 cm³/mol. The van der Waals surface area contributed by atoms with Gasteiger partial charge in [-0.2, -0.15) is 0 Å². The predicted octanol–water partition coefficient (Wildman–Crippen LogP) is 3.48. The van der Waals surface area contributed by atoms with Gasteiger partial charge >= 0.3 is 0 Å². The van der Waals surface area contributed by atoms with Crippen LogP contribution in [0.3, 0.4) is 0 Å². The van der Waals surface area contributed by atoms with Crippen molar-refractivity contribution in [2.24, 2.45) is 0 Å². The van der Waals surface area contributed by atoms with Gasteiger partial charge in [0.05, 0.1) is 12.2 Å². The van der Waals surface area contributed by atoms with Crippen molar-refractivity contribution in [2.75, 3.05) is 6.54 Å². The first kappa shape index (κ1) is 14.5. The second-order valence-corrected chi connectivity index (χ2v) is 4.74. The van der Waals surface area contributed by atoms with E-state index in [0.717, 1.165) is 11.3 Å². The van der Waals surface area contributed by atoms with Crippen molar-refractivity contribution in [3.8, 4) is 0 Å². The number of amides is 1. The molecule has 0 spiro atoms. The largest absolute Gasteiger partial charge is 0.333 e. The summed E-state index contributed by atoms with van der Waals surface area (Å²) in [5.41, 5.74) is 2.58. The molecule has 3 nitrogen and oxygen atoms in total. The summed E-state index contributed by atoms with van der Waals surface area (Å²) in [5, 5.41) is 0. The molecule has 0 unspecified atom stereocenters. The standard InChI is InChI=1S/C16H17ClN2O/c1-2-19(12-15-5-3-4-10-18-15)16(20)14-8-6-13(11-17)7-9-14/h3-10H,2,11-12H2,1H3. The van der Waals surface area contributed by atoms with E-state index in [2.05, 4.69) is 4.98 Å². The third-order valence-electron chi connectivity index (χ3n) is 3.10. The first-order valence-corrected chi connectivity index (χ1v) is 7.12. The van der Waals surface area contributed by atoms with Crippen molar-refractivity contribution >= 4 is 17.5 Å². The lowest BCUT2D eigenvalue weighted by atomic mass is 10.1. The summed E-state index contributed by atoms with van der Waals surface area (Å²) in [4.78, 5) is 18.5. The molecule has 4 heteroatoms. The smallest absolute Gasteiger partial charge is 0.254 e. The van der Waals surface area contributed by atoms with Gasteiger partial charge in [0.25, 0.3) is 5.91 Å². The van der Waals surface area contributed by atoms with Gasteiger partial charge in [-0.15, -0.1) is 11.6 Å². The van der Waals surface area contributed by atoms with E-state index in [0.29, 0.717) is 24.5 Å². The van der Waals surface area contributed by atoms with Crippen LogP contribution < -0.4 is 0 Å². The number of carbonyl (C=O) groups is 1. The molecule has 0 radical (unpaired) electrons. The molecule has 0 N–H and O–H groups in total. The maximum Gasteiger partial charge on any atom is 0.254 e. The number of alkyl halides is 1. The summed E-state index contributed by atoms with van der Waals surface area (Å²) in [6.45, 7) is 3.13. The van der Waals surface area contributed by atoms with Gasteiger partial charge in [0, 0.05) is 24.2 Å². The number of benzene rings is 1. The maximum absolute atomic E-state index is 12.4. The minimum atomic E-state index is 0.0132. The number of hydrogen-bond donors (Lipinski definition) is 0. The van der Waals surface area contributed by atoms with Crippen LogP contribution in [0.2, 0.25) is 0 Å². The average molecular weight is 289 g/mol. The maximum atomic E-state index is 12.4. The molecule has 0 aliphatic heterocycles. The second kappa shape index (κ2) is 7.06. The molecular formula is C16H17ClN2O. The fourth-order valence-corrected chi connectivity index (χ4v) is 2.11. The quantitative estimate of drug-likeness (QED) is 0.789. The van der Waals surface area contributed by atoms with E-state index in [-0.39, 0.29) is 5.91 Å². The van der Waals surface area contributed by atoms with E-state index >= 15 is 0 Å². The lowest BCUT2D eigenvalue weighted by Gasteiger charge is -2.20. The molecule has 1 aromatic heterocycles. The highest BCUT2D eigenvalue weighted by atomic mass is 35.5. The monoisotopic (exact) mass is 288 g/mol. The molecule has 0 saturated carbocycles. The third kappa shape index (κ3) is 3.58. The molecule has 104 valence electrons.